The van der Waals surface area contributed by atoms with Crippen LogP contribution in [0.3, 0.4) is 0 Å². The highest BCUT2D eigenvalue weighted by molar-refractivity contribution is 5.38. The third kappa shape index (κ3) is 4.57. The molecular formula is C20H33N. The lowest BCUT2D eigenvalue weighted by Crippen LogP contribution is -2.39. The van der Waals surface area contributed by atoms with Gasteiger partial charge < -0.3 is 5.32 Å². The van der Waals surface area contributed by atoms with E-state index in [9.17, 15) is 0 Å². The average molecular weight is 287 g/mol. The molecule has 1 aliphatic rings. The molecule has 0 radical (unpaired) electrons. The number of aryl methyl sites for hydroxylation is 3. The van der Waals surface area contributed by atoms with Crippen molar-refractivity contribution in [3.8, 4) is 0 Å². The molecule has 0 aromatic heterocycles. The van der Waals surface area contributed by atoms with Crippen molar-refractivity contribution in [2.45, 2.75) is 78.7 Å². The molecule has 1 aromatic carbocycles. The maximum Gasteiger partial charge on any atom is 0.0136 e. The van der Waals surface area contributed by atoms with Crippen LogP contribution in [0.5, 0.6) is 0 Å². The molecule has 1 nitrogen and oxygen atoms in total. The lowest BCUT2D eigenvalue weighted by Gasteiger charge is -2.32. The van der Waals surface area contributed by atoms with Crippen LogP contribution in [0.15, 0.2) is 12.1 Å². The summed E-state index contributed by atoms with van der Waals surface area (Å²) < 4.78 is 0. The molecule has 1 fully saturated rings. The summed E-state index contributed by atoms with van der Waals surface area (Å²) in [7, 11) is 0. The monoisotopic (exact) mass is 287 g/mol. The Morgan fingerprint density at radius 2 is 1.67 bits per heavy atom. The first kappa shape index (κ1) is 16.5. The van der Waals surface area contributed by atoms with Gasteiger partial charge in [0.05, 0.1) is 0 Å². The lowest BCUT2D eigenvalue weighted by molar-refractivity contribution is 0.267. The minimum Gasteiger partial charge on any atom is -0.313 e. The van der Waals surface area contributed by atoms with Crippen LogP contribution in [0.4, 0.5) is 0 Å². The molecule has 1 N–H and O–H groups in total. The van der Waals surface area contributed by atoms with Crippen molar-refractivity contribution in [1.82, 2.24) is 5.32 Å². The van der Waals surface area contributed by atoms with E-state index in [1.54, 1.807) is 5.56 Å². The van der Waals surface area contributed by atoms with E-state index in [2.05, 4.69) is 45.1 Å². The van der Waals surface area contributed by atoms with E-state index in [0.717, 1.165) is 12.5 Å². The Morgan fingerprint density at radius 1 is 1.05 bits per heavy atom. The molecule has 0 spiro atoms. The number of hydrogen-bond donors (Lipinski definition) is 1. The summed E-state index contributed by atoms with van der Waals surface area (Å²) in [4.78, 5) is 0. The zero-order valence-electron chi connectivity index (χ0n) is 14.5. The predicted molar refractivity (Wildman–Crippen MR) is 93.0 cm³/mol. The highest BCUT2D eigenvalue weighted by Crippen LogP contribution is 2.29. The zero-order valence-corrected chi connectivity index (χ0v) is 14.5. The van der Waals surface area contributed by atoms with Gasteiger partial charge in [-0.2, -0.15) is 0 Å². The van der Waals surface area contributed by atoms with Crippen molar-refractivity contribution >= 4 is 0 Å². The third-order valence-electron chi connectivity index (χ3n) is 5.14. The van der Waals surface area contributed by atoms with E-state index in [0.29, 0.717) is 6.04 Å². The molecule has 1 atom stereocenters. The van der Waals surface area contributed by atoms with Gasteiger partial charge in [0.15, 0.2) is 0 Å². The number of nitrogens with one attached hydrogen (secondary N) is 1. The Kier molecular flexibility index (Phi) is 6.29. The largest absolute Gasteiger partial charge is 0.313 e. The SMILES string of the molecule is CCCNC(Cc1c(C)cc(C)cc1C)C1CCCCC1. The maximum atomic E-state index is 3.86. The normalized spacial score (nSPS) is 17.9. The van der Waals surface area contributed by atoms with Crippen LogP contribution < -0.4 is 5.32 Å². The molecule has 1 aliphatic carbocycles. The van der Waals surface area contributed by atoms with E-state index >= 15 is 0 Å². The van der Waals surface area contributed by atoms with Crippen LogP contribution >= 0.6 is 0 Å². The Bertz CT molecular complexity index is 420. The first-order valence-electron chi connectivity index (χ1n) is 8.92. The van der Waals surface area contributed by atoms with Crippen molar-refractivity contribution in [2.75, 3.05) is 6.54 Å². The molecule has 118 valence electrons. The lowest BCUT2D eigenvalue weighted by atomic mass is 9.80. The molecule has 1 aromatic rings. The quantitative estimate of drug-likeness (QED) is 0.767. The first-order chi connectivity index (χ1) is 10.1. The minimum absolute atomic E-state index is 0.672. The highest BCUT2D eigenvalue weighted by Gasteiger charge is 2.24. The fourth-order valence-electron chi connectivity index (χ4n) is 4.02. The van der Waals surface area contributed by atoms with Crippen LogP contribution in [0.25, 0.3) is 0 Å². The smallest absolute Gasteiger partial charge is 0.0136 e. The molecule has 1 unspecified atom stereocenters. The van der Waals surface area contributed by atoms with Gasteiger partial charge in [-0.3, -0.25) is 0 Å². The van der Waals surface area contributed by atoms with E-state index in [4.69, 9.17) is 0 Å². The van der Waals surface area contributed by atoms with E-state index in [1.165, 1.54) is 61.6 Å². The minimum atomic E-state index is 0.672. The van der Waals surface area contributed by atoms with Crippen molar-refractivity contribution in [1.29, 1.82) is 0 Å². The molecule has 0 amide bonds. The van der Waals surface area contributed by atoms with Gasteiger partial charge in [0, 0.05) is 6.04 Å². The number of benzene rings is 1. The summed E-state index contributed by atoms with van der Waals surface area (Å²) in [5, 5.41) is 3.86. The van der Waals surface area contributed by atoms with Crippen molar-refractivity contribution in [3.63, 3.8) is 0 Å². The van der Waals surface area contributed by atoms with Gasteiger partial charge in [-0.25, -0.2) is 0 Å². The zero-order chi connectivity index (χ0) is 15.2. The molecule has 0 heterocycles. The highest BCUT2D eigenvalue weighted by atomic mass is 14.9. The number of hydrogen-bond acceptors (Lipinski definition) is 1. The fraction of sp³-hybridized carbons (Fsp3) is 0.700. The molecule has 21 heavy (non-hydrogen) atoms. The Labute approximate surface area is 131 Å². The molecular weight excluding hydrogens is 254 g/mol. The van der Waals surface area contributed by atoms with Gasteiger partial charge >= 0.3 is 0 Å². The van der Waals surface area contributed by atoms with Crippen LogP contribution in [-0.2, 0) is 6.42 Å². The molecule has 0 saturated heterocycles. The van der Waals surface area contributed by atoms with Gasteiger partial charge in [-0.05, 0) is 75.6 Å². The standard InChI is InChI=1S/C20H33N/c1-5-11-21-20(18-9-7-6-8-10-18)14-19-16(3)12-15(2)13-17(19)4/h12-13,18,20-21H,5-11,14H2,1-4H3. The molecule has 0 aliphatic heterocycles. The number of rotatable bonds is 6. The van der Waals surface area contributed by atoms with E-state index in [1.807, 2.05) is 0 Å². The molecule has 1 saturated carbocycles. The third-order valence-corrected chi connectivity index (χ3v) is 5.14. The van der Waals surface area contributed by atoms with Crippen LogP contribution in [0.1, 0.15) is 67.7 Å². The second-order valence-corrected chi connectivity index (χ2v) is 7.04. The Hall–Kier alpha value is -0.820. The van der Waals surface area contributed by atoms with E-state index < -0.39 is 0 Å². The maximum absolute atomic E-state index is 3.86. The Balaban J connectivity index is 2.13. The van der Waals surface area contributed by atoms with Crippen LogP contribution in [0.2, 0.25) is 0 Å². The van der Waals surface area contributed by atoms with Gasteiger partial charge in [-0.1, -0.05) is 43.9 Å². The Morgan fingerprint density at radius 3 is 2.24 bits per heavy atom. The molecule has 2 rings (SSSR count). The second kappa shape index (κ2) is 7.98. The fourth-order valence-corrected chi connectivity index (χ4v) is 4.02. The summed E-state index contributed by atoms with van der Waals surface area (Å²) in [6.45, 7) is 10.2. The topological polar surface area (TPSA) is 12.0 Å². The van der Waals surface area contributed by atoms with Gasteiger partial charge in [0.1, 0.15) is 0 Å². The van der Waals surface area contributed by atoms with Crippen molar-refractivity contribution < 1.29 is 0 Å². The summed E-state index contributed by atoms with van der Waals surface area (Å²) in [5.74, 6) is 0.880. The summed E-state index contributed by atoms with van der Waals surface area (Å²) >= 11 is 0. The first-order valence-corrected chi connectivity index (χ1v) is 8.92. The summed E-state index contributed by atoms with van der Waals surface area (Å²) in [5.41, 5.74) is 5.93. The van der Waals surface area contributed by atoms with Gasteiger partial charge in [0.2, 0.25) is 0 Å². The molecule has 0 bridgehead atoms. The van der Waals surface area contributed by atoms with Crippen molar-refractivity contribution in [2.24, 2.45) is 5.92 Å². The predicted octanol–water partition coefficient (Wildman–Crippen LogP) is 5.10. The van der Waals surface area contributed by atoms with E-state index in [-0.39, 0.29) is 0 Å². The van der Waals surface area contributed by atoms with Crippen LogP contribution in [0, 0.1) is 26.7 Å². The van der Waals surface area contributed by atoms with Crippen molar-refractivity contribution in [3.05, 3.63) is 34.4 Å². The molecule has 1 heteroatoms. The average Bonchev–Trinajstić information content (AvgIpc) is 2.46. The van der Waals surface area contributed by atoms with Gasteiger partial charge in [-0.15, -0.1) is 0 Å². The second-order valence-electron chi connectivity index (χ2n) is 7.04. The summed E-state index contributed by atoms with van der Waals surface area (Å²) in [6, 6.07) is 5.37. The summed E-state index contributed by atoms with van der Waals surface area (Å²) in [6.07, 6.45) is 9.59. The van der Waals surface area contributed by atoms with Crippen LogP contribution in [-0.4, -0.2) is 12.6 Å². The van der Waals surface area contributed by atoms with Gasteiger partial charge in [0.25, 0.3) is 0 Å².